The van der Waals surface area contributed by atoms with E-state index in [4.69, 9.17) is 9.84 Å². The van der Waals surface area contributed by atoms with Crippen molar-refractivity contribution in [1.82, 2.24) is 5.32 Å². The lowest BCUT2D eigenvalue weighted by Crippen LogP contribution is -2.44. The first-order valence-corrected chi connectivity index (χ1v) is 5.71. The first-order chi connectivity index (χ1) is 9.10. The summed E-state index contributed by atoms with van der Waals surface area (Å²) in [6.45, 7) is -0.503. The quantitative estimate of drug-likeness (QED) is 0.702. The molecule has 1 amide bonds. The van der Waals surface area contributed by atoms with Crippen LogP contribution >= 0.6 is 0 Å². The number of methoxy groups -OCH3 is 2. The molecule has 0 heterocycles. The van der Waals surface area contributed by atoms with Gasteiger partial charge in [-0.2, -0.15) is 0 Å². The number of benzene rings is 1. The first kappa shape index (κ1) is 15.0. The summed E-state index contributed by atoms with van der Waals surface area (Å²) in [4.78, 5) is 22.9. The number of carbonyl (C=O) groups excluding carboxylic acids is 2. The van der Waals surface area contributed by atoms with Crippen LogP contribution in [0, 0.1) is 0 Å². The average molecular weight is 267 g/mol. The summed E-state index contributed by atoms with van der Waals surface area (Å²) in [6, 6.07) is 6.00. The molecule has 1 rings (SSSR count). The van der Waals surface area contributed by atoms with Crippen molar-refractivity contribution in [2.75, 3.05) is 20.8 Å². The van der Waals surface area contributed by atoms with Gasteiger partial charge in [0.05, 0.1) is 27.2 Å². The van der Waals surface area contributed by atoms with Crippen LogP contribution in [0.15, 0.2) is 24.3 Å². The highest BCUT2D eigenvalue weighted by Crippen LogP contribution is 2.12. The Bertz CT molecular complexity index is 446. The Morgan fingerprint density at radius 3 is 2.68 bits per heavy atom. The maximum Gasteiger partial charge on any atom is 0.330 e. The molecular formula is C13H17NO5. The van der Waals surface area contributed by atoms with Crippen LogP contribution in [0.5, 0.6) is 5.75 Å². The number of esters is 1. The lowest BCUT2D eigenvalue weighted by atomic mass is 10.1. The summed E-state index contributed by atoms with van der Waals surface area (Å²) in [5.41, 5.74) is 0.749. The van der Waals surface area contributed by atoms with E-state index >= 15 is 0 Å². The summed E-state index contributed by atoms with van der Waals surface area (Å²) >= 11 is 0. The molecule has 1 aromatic carbocycles. The van der Waals surface area contributed by atoms with Crippen LogP contribution in [0.1, 0.15) is 5.56 Å². The predicted molar refractivity (Wildman–Crippen MR) is 67.7 cm³/mol. The van der Waals surface area contributed by atoms with Gasteiger partial charge in [0, 0.05) is 0 Å². The Morgan fingerprint density at radius 1 is 1.37 bits per heavy atom. The van der Waals surface area contributed by atoms with Gasteiger partial charge in [0.1, 0.15) is 5.75 Å². The van der Waals surface area contributed by atoms with Crippen LogP contribution in [0.4, 0.5) is 0 Å². The molecule has 0 saturated heterocycles. The highest BCUT2D eigenvalue weighted by Gasteiger charge is 2.20. The third-order valence-corrected chi connectivity index (χ3v) is 2.50. The average Bonchev–Trinajstić information content (AvgIpc) is 2.44. The zero-order valence-electron chi connectivity index (χ0n) is 10.9. The largest absolute Gasteiger partial charge is 0.497 e. The standard InChI is InChI=1S/C13H17NO5/c1-18-10-5-3-4-9(6-10)7-12(16)14-11(8-15)13(17)19-2/h3-6,11,15H,7-8H2,1-2H3,(H,14,16). The van der Waals surface area contributed by atoms with E-state index in [0.29, 0.717) is 5.75 Å². The van der Waals surface area contributed by atoms with E-state index in [1.54, 1.807) is 24.3 Å². The van der Waals surface area contributed by atoms with Crippen molar-refractivity contribution in [3.63, 3.8) is 0 Å². The minimum absolute atomic E-state index is 0.0880. The van der Waals surface area contributed by atoms with Gasteiger partial charge in [-0.1, -0.05) is 12.1 Å². The van der Waals surface area contributed by atoms with Crippen LogP contribution < -0.4 is 10.1 Å². The van der Waals surface area contributed by atoms with Crippen molar-refractivity contribution in [3.05, 3.63) is 29.8 Å². The Kier molecular flexibility index (Phi) is 5.81. The Morgan fingerprint density at radius 2 is 2.11 bits per heavy atom. The molecule has 1 atom stereocenters. The second kappa shape index (κ2) is 7.38. The van der Waals surface area contributed by atoms with E-state index in [0.717, 1.165) is 5.56 Å². The third kappa shape index (κ3) is 4.59. The van der Waals surface area contributed by atoms with Gasteiger partial charge < -0.3 is 19.9 Å². The fourth-order valence-electron chi connectivity index (χ4n) is 1.53. The second-order valence-corrected chi connectivity index (χ2v) is 3.85. The fourth-order valence-corrected chi connectivity index (χ4v) is 1.53. The maximum absolute atomic E-state index is 11.7. The molecule has 0 aliphatic rings. The molecule has 1 unspecified atom stereocenters. The van der Waals surface area contributed by atoms with Gasteiger partial charge in [0.2, 0.25) is 5.91 Å². The van der Waals surface area contributed by atoms with Gasteiger partial charge >= 0.3 is 5.97 Å². The molecule has 19 heavy (non-hydrogen) atoms. The smallest absolute Gasteiger partial charge is 0.330 e. The molecule has 104 valence electrons. The van der Waals surface area contributed by atoms with Crippen LogP contribution in [-0.2, 0) is 20.7 Å². The molecular weight excluding hydrogens is 250 g/mol. The molecule has 0 saturated carbocycles. The molecule has 0 fully saturated rings. The van der Waals surface area contributed by atoms with Crippen molar-refractivity contribution in [3.8, 4) is 5.75 Å². The summed E-state index contributed by atoms with van der Waals surface area (Å²) in [5.74, 6) is -0.406. The SMILES string of the molecule is COC(=O)C(CO)NC(=O)Cc1cccc(OC)c1. The topological polar surface area (TPSA) is 84.9 Å². The minimum atomic E-state index is -1.04. The molecule has 0 aromatic heterocycles. The minimum Gasteiger partial charge on any atom is -0.497 e. The van der Waals surface area contributed by atoms with E-state index in [1.807, 2.05) is 0 Å². The molecule has 0 spiro atoms. The summed E-state index contributed by atoms with van der Waals surface area (Å²) in [7, 11) is 2.73. The van der Waals surface area contributed by atoms with E-state index in [9.17, 15) is 9.59 Å². The van der Waals surface area contributed by atoms with Crippen LogP contribution in [0.25, 0.3) is 0 Å². The molecule has 6 nitrogen and oxygen atoms in total. The van der Waals surface area contributed by atoms with E-state index in [1.165, 1.54) is 14.2 Å². The van der Waals surface area contributed by atoms with Gasteiger partial charge in [-0.15, -0.1) is 0 Å². The number of hydrogen-bond donors (Lipinski definition) is 2. The molecule has 1 aromatic rings. The number of aliphatic hydroxyl groups is 1. The highest BCUT2D eigenvalue weighted by atomic mass is 16.5. The van der Waals surface area contributed by atoms with Gasteiger partial charge in [0.25, 0.3) is 0 Å². The number of carbonyl (C=O) groups is 2. The number of hydrogen-bond acceptors (Lipinski definition) is 5. The molecule has 2 N–H and O–H groups in total. The van der Waals surface area contributed by atoms with E-state index < -0.39 is 18.6 Å². The first-order valence-electron chi connectivity index (χ1n) is 5.71. The number of ether oxygens (including phenoxy) is 2. The van der Waals surface area contributed by atoms with Gasteiger partial charge in [-0.05, 0) is 17.7 Å². The summed E-state index contributed by atoms with van der Waals surface area (Å²) in [5, 5.41) is 11.4. The van der Waals surface area contributed by atoms with Crippen LogP contribution in [-0.4, -0.2) is 43.9 Å². The van der Waals surface area contributed by atoms with Gasteiger partial charge in [-0.3, -0.25) is 4.79 Å². The molecule has 0 aliphatic heterocycles. The van der Waals surface area contributed by atoms with E-state index in [2.05, 4.69) is 10.1 Å². The number of amides is 1. The number of nitrogens with one attached hydrogen (secondary N) is 1. The van der Waals surface area contributed by atoms with Gasteiger partial charge in [-0.25, -0.2) is 4.79 Å². The zero-order valence-corrected chi connectivity index (χ0v) is 10.9. The lowest BCUT2D eigenvalue weighted by molar-refractivity contribution is -0.146. The Labute approximate surface area is 111 Å². The molecule has 0 aliphatic carbocycles. The fraction of sp³-hybridized carbons (Fsp3) is 0.385. The third-order valence-electron chi connectivity index (χ3n) is 2.50. The van der Waals surface area contributed by atoms with Crippen LogP contribution in [0.2, 0.25) is 0 Å². The number of aliphatic hydroxyl groups excluding tert-OH is 1. The van der Waals surface area contributed by atoms with Crippen molar-refractivity contribution >= 4 is 11.9 Å². The van der Waals surface area contributed by atoms with Gasteiger partial charge in [0.15, 0.2) is 6.04 Å². The molecule has 0 radical (unpaired) electrons. The van der Waals surface area contributed by atoms with Crippen molar-refractivity contribution in [2.24, 2.45) is 0 Å². The Balaban J connectivity index is 2.61. The van der Waals surface area contributed by atoms with Crippen molar-refractivity contribution in [1.29, 1.82) is 0 Å². The summed E-state index contributed by atoms with van der Waals surface area (Å²) in [6.07, 6.45) is 0.0880. The molecule has 0 bridgehead atoms. The van der Waals surface area contributed by atoms with Crippen LogP contribution in [0.3, 0.4) is 0 Å². The molecule has 6 heteroatoms. The zero-order chi connectivity index (χ0) is 14.3. The monoisotopic (exact) mass is 267 g/mol. The lowest BCUT2D eigenvalue weighted by Gasteiger charge is -2.13. The highest BCUT2D eigenvalue weighted by molar-refractivity contribution is 5.85. The Hall–Kier alpha value is -2.08. The van der Waals surface area contributed by atoms with E-state index in [-0.39, 0.29) is 12.3 Å². The predicted octanol–water partition coefficient (Wildman–Crippen LogP) is -0.112. The normalized spacial score (nSPS) is 11.5. The number of rotatable bonds is 6. The second-order valence-electron chi connectivity index (χ2n) is 3.85. The maximum atomic E-state index is 11.7. The summed E-state index contributed by atoms with van der Waals surface area (Å²) < 4.78 is 9.51. The van der Waals surface area contributed by atoms with Crippen molar-refractivity contribution in [2.45, 2.75) is 12.5 Å². The van der Waals surface area contributed by atoms with Crippen molar-refractivity contribution < 1.29 is 24.2 Å².